The number of nitrogens with two attached hydrogens (primary N) is 1. The van der Waals surface area contributed by atoms with Crippen molar-refractivity contribution in [2.24, 2.45) is 0 Å². The summed E-state index contributed by atoms with van der Waals surface area (Å²) in [6.07, 6.45) is 0.730. The highest BCUT2D eigenvalue weighted by atomic mass is 16.6. The van der Waals surface area contributed by atoms with Gasteiger partial charge in [-0.2, -0.15) is 10.2 Å². The fraction of sp³-hybridized carbons (Fsp3) is 0.421. The van der Waals surface area contributed by atoms with Gasteiger partial charge >= 0.3 is 6.09 Å². The van der Waals surface area contributed by atoms with E-state index in [1.54, 1.807) is 12.1 Å². The lowest BCUT2D eigenvalue weighted by molar-refractivity contribution is 0.0142. The van der Waals surface area contributed by atoms with Crippen molar-refractivity contribution in [2.75, 3.05) is 18.8 Å². The van der Waals surface area contributed by atoms with Crippen LogP contribution in [0.2, 0.25) is 0 Å². The minimum atomic E-state index is -0.942. The van der Waals surface area contributed by atoms with E-state index in [0.717, 1.165) is 5.56 Å². The Hall–Kier alpha value is -2.67. The highest BCUT2D eigenvalue weighted by Gasteiger charge is 2.25. The molecule has 140 valence electrons. The van der Waals surface area contributed by atoms with Gasteiger partial charge in [0.2, 0.25) is 0 Å². The number of aliphatic hydroxyl groups is 1. The van der Waals surface area contributed by atoms with Gasteiger partial charge in [0.25, 0.3) is 0 Å². The SMILES string of the molecule is CC(C)(C)OC(=O)N(CCc1ccc(N)cc1)CC(O)c1cccnn1. The Bertz CT molecular complexity index is 699. The zero-order valence-corrected chi connectivity index (χ0v) is 15.4. The Morgan fingerprint density at radius 3 is 2.54 bits per heavy atom. The summed E-state index contributed by atoms with van der Waals surface area (Å²) < 4.78 is 5.46. The molecule has 0 spiro atoms. The molecule has 0 aliphatic heterocycles. The fourth-order valence-corrected chi connectivity index (χ4v) is 2.33. The van der Waals surface area contributed by atoms with Gasteiger partial charge in [-0.05, 0) is 57.0 Å². The average Bonchev–Trinajstić information content (AvgIpc) is 2.59. The van der Waals surface area contributed by atoms with Gasteiger partial charge in [-0.1, -0.05) is 12.1 Å². The molecule has 7 heteroatoms. The van der Waals surface area contributed by atoms with E-state index in [4.69, 9.17) is 10.5 Å². The lowest BCUT2D eigenvalue weighted by Gasteiger charge is -2.28. The molecule has 1 aromatic carbocycles. The largest absolute Gasteiger partial charge is 0.444 e. The number of benzene rings is 1. The lowest BCUT2D eigenvalue weighted by atomic mass is 10.1. The number of hydrogen-bond donors (Lipinski definition) is 2. The van der Waals surface area contributed by atoms with Crippen LogP contribution in [0.1, 0.15) is 38.1 Å². The number of carbonyl (C=O) groups is 1. The first kappa shape index (κ1) is 19.7. The summed E-state index contributed by atoms with van der Waals surface area (Å²) in [6, 6.07) is 10.8. The molecule has 3 N–H and O–H groups in total. The zero-order valence-electron chi connectivity index (χ0n) is 15.4. The Kier molecular flexibility index (Phi) is 6.52. The molecule has 0 saturated heterocycles. The highest BCUT2D eigenvalue weighted by Crippen LogP contribution is 2.16. The molecule has 1 amide bonds. The van der Waals surface area contributed by atoms with Gasteiger partial charge < -0.3 is 20.5 Å². The van der Waals surface area contributed by atoms with E-state index in [0.29, 0.717) is 24.3 Å². The van der Waals surface area contributed by atoms with Gasteiger partial charge in [-0.25, -0.2) is 4.79 Å². The van der Waals surface area contributed by atoms with Crippen LogP contribution in [0, 0.1) is 0 Å². The molecule has 0 aliphatic carbocycles. The second-order valence-corrected chi connectivity index (χ2v) is 7.08. The smallest absolute Gasteiger partial charge is 0.410 e. The number of rotatable bonds is 6. The standard InChI is InChI=1S/C19H26N4O3/c1-19(2,3)26-18(25)23(12-10-14-6-8-15(20)9-7-14)13-17(24)16-5-4-11-21-22-16/h4-9,11,17,24H,10,12-13,20H2,1-3H3. The maximum absolute atomic E-state index is 12.5. The predicted octanol–water partition coefficient (Wildman–Crippen LogP) is 2.57. The van der Waals surface area contributed by atoms with E-state index in [-0.39, 0.29) is 6.54 Å². The van der Waals surface area contributed by atoms with Crippen molar-refractivity contribution in [3.05, 3.63) is 53.9 Å². The van der Waals surface area contributed by atoms with E-state index in [1.807, 2.05) is 45.0 Å². The van der Waals surface area contributed by atoms with E-state index in [1.165, 1.54) is 11.1 Å². The summed E-state index contributed by atoms with van der Waals surface area (Å²) in [7, 11) is 0. The van der Waals surface area contributed by atoms with Crippen molar-refractivity contribution >= 4 is 11.8 Å². The molecular formula is C19H26N4O3. The molecule has 1 heterocycles. The first-order chi connectivity index (χ1) is 12.2. The first-order valence-corrected chi connectivity index (χ1v) is 8.52. The van der Waals surface area contributed by atoms with E-state index in [2.05, 4.69) is 10.2 Å². The minimum absolute atomic E-state index is 0.0720. The normalized spacial score (nSPS) is 12.5. The summed E-state index contributed by atoms with van der Waals surface area (Å²) in [6.45, 7) is 5.89. The summed E-state index contributed by atoms with van der Waals surface area (Å²) in [5.41, 5.74) is 7.23. The van der Waals surface area contributed by atoms with Crippen molar-refractivity contribution in [1.82, 2.24) is 15.1 Å². The lowest BCUT2D eigenvalue weighted by Crippen LogP contribution is -2.40. The number of amides is 1. The summed E-state index contributed by atoms with van der Waals surface area (Å²) in [5.74, 6) is 0. The molecule has 2 rings (SSSR count). The van der Waals surface area contributed by atoms with Crippen molar-refractivity contribution in [1.29, 1.82) is 0 Å². The topological polar surface area (TPSA) is 102 Å². The molecule has 7 nitrogen and oxygen atoms in total. The molecule has 1 unspecified atom stereocenters. The Morgan fingerprint density at radius 1 is 1.27 bits per heavy atom. The van der Waals surface area contributed by atoms with Crippen LogP contribution in [-0.2, 0) is 11.2 Å². The number of aliphatic hydroxyl groups excluding tert-OH is 1. The molecule has 1 aromatic heterocycles. The highest BCUT2D eigenvalue weighted by molar-refractivity contribution is 5.68. The van der Waals surface area contributed by atoms with Gasteiger partial charge in [-0.3, -0.25) is 0 Å². The second-order valence-electron chi connectivity index (χ2n) is 7.08. The quantitative estimate of drug-likeness (QED) is 0.770. The third kappa shape index (κ3) is 6.33. The average molecular weight is 358 g/mol. The third-order valence-electron chi connectivity index (χ3n) is 3.63. The van der Waals surface area contributed by atoms with Crippen LogP contribution in [0.4, 0.5) is 10.5 Å². The number of hydrogen-bond acceptors (Lipinski definition) is 6. The number of nitrogens with zero attached hydrogens (tertiary/aromatic N) is 3. The number of nitrogen functional groups attached to an aromatic ring is 1. The Labute approximate surface area is 153 Å². The van der Waals surface area contributed by atoms with Crippen LogP contribution in [0.15, 0.2) is 42.6 Å². The van der Waals surface area contributed by atoms with Gasteiger partial charge in [-0.15, -0.1) is 0 Å². The van der Waals surface area contributed by atoms with E-state index >= 15 is 0 Å². The molecular weight excluding hydrogens is 332 g/mol. The van der Waals surface area contributed by atoms with E-state index < -0.39 is 17.8 Å². The first-order valence-electron chi connectivity index (χ1n) is 8.52. The van der Waals surface area contributed by atoms with Crippen LogP contribution in [0.5, 0.6) is 0 Å². The number of ether oxygens (including phenoxy) is 1. The van der Waals surface area contributed by atoms with Crippen molar-refractivity contribution in [3.8, 4) is 0 Å². The molecule has 0 fully saturated rings. The monoisotopic (exact) mass is 358 g/mol. The molecule has 26 heavy (non-hydrogen) atoms. The van der Waals surface area contributed by atoms with Crippen molar-refractivity contribution in [2.45, 2.75) is 38.9 Å². The molecule has 0 bridgehead atoms. The molecule has 2 aromatic rings. The minimum Gasteiger partial charge on any atom is -0.444 e. The third-order valence-corrected chi connectivity index (χ3v) is 3.63. The Morgan fingerprint density at radius 2 is 1.96 bits per heavy atom. The maximum Gasteiger partial charge on any atom is 0.410 e. The molecule has 0 aliphatic rings. The van der Waals surface area contributed by atoms with Crippen molar-refractivity contribution < 1.29 is 14.6 Å². The van der Waals surface area contributed by atoms with Crippen molar-refractivity contribution in [3.63, 3.8) is 0 Å². The van der Waals surface area contributed by atoms with Gasteiger partial charge in [0.1, 0.15) is 11.7 Å². The molecule has 0 saturated carbocycles. The fourth-order valence-electron chi connectivity index (χ4n) is 2.33. The number of anilines is 1. The van der Waals surface area contributed by atoms with Crippen LogP contribution in [0.25, 0.3) is 0 Å². The number of aromatic nitrogens is 2. The van der Waals surface area contributed by atoms with Crippen LogP contribution in [-0.4, -0.2) is 45.0 Å². The van der Waals surface area contributed by atoms with Crippen LogP contribution < -0.4 is 5.73 Å². The van der Waals surface area contributed by atoms with E-state index in [9.17, 15) is 9.90 Å². The van der Waals surface area contributed by atoms with Gasteiger partial charge in [0.05, 0.1) is 12.2 Å². The summed E-state index contributed by atoms with van der Waals surface area (Å²) in [4.78, 5) is 14.0. The predicted molar refractivity (Wildman–Crippen MR) is 99.4 cm³/mol. The second kappa shape index (κ2) is 8.62. The van der Waals surface area contributed by atoms with Gasteiger partial charge in [0.15, 0.2) is 0 Å². The van der Waals surface area contributed by atoms with Crippen LogP contribution in [0.3, 0.4) is 0 Å². The van der Waals surface area contributed by atoms with Gasteiger partial charge in [0, 0.05) is 18.4 Å². The zero-order chi connectivity index (χ0) is 19.2. The maximum atomic E-state index is 12.5. The summed E-state index contributed by atoms with van der Waals surface area (Å²) >= 11 is 0. The number of carbonyl (C=O) groups excluding carboxylic acids is 1. The molecule has 0 radical (unpaired) electrons. The van der Waals surface area contributed by atoms with Crippen LogP contribution >= 0.6 is 0 Å². The Balaban J connectivity index is 2.07. The molecule has 1 atom stereocenters. The summed E-state index contributed by atoms with van der Waals surface area (Å²) in [5, 5.41) is 18.1.